The van der Waals surface area contributed by atoms with E-state index in [9.17, 15) is 12.8 Å². The first kappa shape index (κ1) is 22.3. The summed E-state index contributed by atoms with van der Waals surface area (Å²) in [6, 6.07) is 7.53. The molecule has 1 fully saturated rings. The van der Waals surface area contributed by atoms with Crippen molar-refractivity contribution in [1.82, 2.24) is 9.97 Å². The van der Waals surface area contributed by atoms with Crippen LogP contribution in [0.2, 0.25) is 5.02 Å². The number of rotatable bonds is 7. The zero-order chi connectivity index (χ0) is 22.0. The van der Waals surface area contributed by atoms with E-state index in [1.165, 1.54) is 24.5 Å². The molecule has 0 unspecified atom stereocenters. The van der Waals surface area contributed by atoms with Crippen LogP contribution in [0.4, 0.5) is 21.6 Å². The van der Waals surface area contributed by atoms with E-state index in [4.69, 9.17) is 16.3 Å². The van der Waals surface area contributed by atoms with Crippen LogP contribution in [-0.4, -0.2) is 41.7 Å². The maximum atomic E-state index is 13.5. The number of nitrogens with one attached hydrogen (secondary N) is 2. The summed E-state index contributed by atoms with van der Waals surface area (Å²) in [6.45, 7) is 2.18. The number of anilines is 3. The van der Waals surface area contributed by atoms with Crippen LogP contribution in [0.25, 0.3) is 10.9 Å². The lowest BCUT2D eigenvalue weighted by atomic mass is 10.2. The van der Waals surface area contributed by atoms with E-state index in [0.717, 1.165) is 0 Å². The van der Waals surface area contributed by atoms with Crippen molar-refractivity contribution < 1.29 is 17.5 Å². The van der Waals surface area contributed by atoms with E-state index >= 15 is 0 Å². The van der Waals surface area contributed by atoms with E-state index in [2.05, 4.69) is 20.0 Å². The minimum atomic E-state index is -3.60. The second kappa shape index (κ2) is 9.27. The van der Waals surface area contributed by atoms with Gasteiger partial charge in [0.2, 0.25) is 10.0 Å². The zero-order valence-corrected chi connectivity index (χ0v) is 19.5. The van der Waals surface area contributed by atoms with Gasteiger partial charge in [0.05, 0.1) is 22.8 Å². The van der Waals surface area contributed by atoms with Crippen LogP contribution in [0.5, 0.6) is 5.75 Å². The first-order valence-corrected chi connectivity index (χ1v) is 13.7. The monoisotopic (exact) mass is 500 g/mol. The Kier molecular flexibility index (Phi) is 6.65. The molecule has 1 aliphatic heterocycles. The maximum Gasteiger partial charge on any atom is 0.237 e. The highest BCUT2D eigenvalue weighted by Gasteiger charge is 2.31. The molecular formula is C19H18ClFN4O3S3. The van der Waals surface area contributed by atoms with Crippen molar-refractivity contribution in [3.8, 4) is 5.75 Å². The molecule has 0 radical (unpaired) electrons. The van der Waals surface area contributed by atoms with Crippen molar-refractivity contribution in [1.29, 1.82) is 0 Å². The van der Waals surface area contributed by atoms with Crippen LogP contribution in [0.3, 0.4) is 0 Å². The predicted octanol–water partition coefficient (Wildman–Crippen LogP) is 5.07. The lowest BCUT2D eigenvalue weighted by Crippen LogP contribution is -2.29. The number of ether oxygens (including phenoxy) is 1. The molecule has 0 atom stereocenters. The third kappa shape index (κ3) is 4.94. The molecule has 164 valence electrons. The summed E-state index contributed by atoms with van der Waals surface area (Å²) in [5, 5.41) is 3.14. The summed E-state index contributed by atoms with van der Waals surface area (Å²) in [7, 11) is -0.514. The third-order valence-corrected chi connectivity index (χ3v) is 9.49. The second-order valence-corrected chi connectivity index (χ2v) is 11.5. The van der Waals surface area contributed by atoms with Crippen molar-refractivity contribution in [2.75, 3.05) is 28.2 Å². The van der Waals surface area contributed by atoms with E-state index in [0.29, 0.717) is 52.0 Å². The Bertz CT molecular complexity index is 1220. The highest BCUT2D eigenvalue weighted by Crippen LogP contribution is 2.38. The lowest BCUT2D eigenvalue weighted by Gasteiger charge is -2.17. The number of nitrogens with zero attached hydrogens (tertiary/aromatic N) is 2. The van der Waals surface area contributed by atoms with Crippen molar-refractivity contribution in [3.63, 3.8) is 0 Å². The second-order valence-electron chi connectivity index (χ2n) is 6.61. The topological polar surface area (TPSA) is 93.2 Å². The van der Waals surface area contributed by atoms with Crippen LogP contribution in [-0.2, 0) is 10.0 Å². The number of hydrogen-bond acceptors (Lipinski definition) is 8. The average Bonchev–Trinajstić information content (AvgIpc) is 3.28. The van der Waals surface area contributed by atoms with Crippen molar-refractivity contribution >= 4 is 71.3 Å². The Morgan fingerprint density at radius 1 is 1.23 bits per heavy atom. The summed E-state index contributed by atoms with van der Waals surface area (Å²) >= 11 is 5.87. The largest absolute Gasteiger partial charge is 0.492 e. The fourth-order valence-electron chi connectivity index (χ4n) is 2.96. The van der Waals surface area contributed by atoms with Gasteiger partial charge in [0.25, 0.3) is 0 Å². The highest BCUT2D eigenvalue weighted by molar-refractivity contribution is 8.77. The van der Waals surface area contributed by atoms with Gasteiger partial charge < -0.3 is 10.1 Å². The SMILES string of the molecule is CCOc1cc2ncnc(Nc3ccc(F)c(Cl)c3)c2cc1NS(=O)(=O)C1CSSC1. The van der Waals surface area contributed by atoms with E-state index in [1.807, 2.05) is 6.92 Å². The molecule has 31 heavy (non-hydrogen) atoms. The minimum absolute atomic E-state index is 0.0252. The molecule has 0 spiro atoms. The first-order chi connectivity index (χ1) is 14.9. The molecular weight excluding hydrogens is 483 g/mol. The Hall–Kier alpha value is -1.95. The predicted molar refractivity (Wildman–Crippen MR) is 127 cm³/mol. The van der Waals surface area contributed by atoms with Crippen LogP contribution in [0, 0.1) is 5.82 Å². The molecule has 2 N–H and O–H groups in total. The van der Waals surface area contributed by atoms with E-state index < -0.39 is 21.1 Å². The molecule has 0 saturated carbocycles. The first-order valence-electron chi connectivity index (χ1n) is 9.27. The van der Waals surface area contributed by atoms with Crippen molar-refractivity contribution in [2.24, 2.45) is 0 Å². The molecule has 12 heteroatoms. The molecule has 1 aliphatic rings. The molecule has 0 amide bonds. The molecule has 0 bridgehead atoms. The molecule has 1 aromatic heterocycles. The van der Waals surface area contributed by atoms with Gasteiger partial charge in [-0.25, -0.2) is 22.8 Å². The Balaban J connectivity index is 1.75. The Morgan fingerprint density at radius 3 is 2.71 bits per heavy atom. The van der Waals surface area contributed by atoms with Crippen LogP contribution >= 0.6 is 33.2 Å². The Labute approximate surface area is 192 Å². The molecule has 0 aliphatic carbocycles. The summed E-state index contributed by atoms with van der Waals surface area (Å²) in [4.78, 5) is 8.53. The van der Waals surface area contributed by atoms with Gasteiger partial charge in [-0.2, -0.15) is 0 Å². The number of halogens is 2. The van der Waals surface area contributed by atoms with Crippen molar-refractivity contribution in [2.45, 2.75) is 12.2 Å². The summed E-state index contributed by atoms with van der Waals surface area (Å²) in [5.41, 5.74) is 1.40. The zero-order valence-electron chi connectivity index (χ0n) is 16.3. The van der Waals surface area contributed by atoms with Gasteiger partial charge in [0.1, 0.15) is 29.0 Å². The van der Waals surface area contributed by atoms with Crippen LogP contribution in [0.15, 0.2) is 36.7 Å². The van der Waals surface area contributed by atoms with Gasteiger partial charge in [-0.15, -0.1) is 0 Å². The van der Waals surface area contributed by atoms with Crippen LogP contribution < -0.4 is 14.8 Å². The summed E-state index contributed by atoms with van der Waals surface area (Å²) in [6.07, 6.45) is 1.38. The smallest absolute Gasteiger partial charge is 0.237 e. The fraction of sp³-hybridized carbons (Fsp3) is 0.263. The van der Waals surface area contributed by atoms with Gasteiger partial charge in [0, 0.05) is 28.6 Å². The number of sulfonamides is 1. The minimum Gasteiger partial charge on any atom is -0.492 e. The number of hydrogen-bond donors (Lipinski definition) is 2. The number of benzene rings is 2. The summed E-state index contributed by atoms with van der Waals surface area (Å²) in [5.74, 6) is 1.33. The lowest BCUT2D eigenvalue weighted by molar-refractivity contribution is 0.342. The average molecular weight is 501 g/mol. The van der Waals surface area contributed by atoms with Gasteiger partial charge in [0.15, 0.2) is 0 Å². The Morgan fingerprint density at radius 2 is 2.00 bits per heavy atom. The highest BCUT2D eigenvalue weighted by atomic mass is 35.5. The number of aromatic nitrogens is 2. The van der Waals surface area contributed by atoms with Gasteiger partial charge in [-0.3, -0.25) is 4.72 Å². The van der Waals surface area contributed by atoms with Gasteiger partial charge >= 0.3 is 0 Å². The molecule has 1 saturated heterocycles. The van der Waals surface area contributed by atoms with E-state index in [1.54, 1.807) is 33.7 Å². The molecule has 7 nitrogen and oxygen atoms in total. The molecule has 2 heterocycles. The van der Waals surface area contributed by atoms with Gasteiger partial charge in [-0.1, -0.05) is 33.2 Å². The summed E-state index contributed by atoms with van der Waals surface area (Å²) < 4.78 is 47.5. The maximum absolute atomic E-state index is 13.5. The third-order valence-electron chi connectivity index (χ3n) is 4.50. The van der Waals surface area contributed by atoms with Crippen LogP contribution in [0.1, 0.15) is 6.92 Å². The fourth-order valence-corrected chi connectivity index (χ4v) is 8.58. The normalized spacial score (nSPS) is 14.7. The molecule has 4 rings (SSSR count). The standard InChI is InChI=1S/C19H18ClFN4O3S3/c1-2-28-18-7-16-13(6-17(18)25-31(26,27)12-8-29-30-9-12)19(23-10-22-16)24-11-3-4-15(21)14(20)5-11/h3-7,10,12,25H,2,8-9H2,1H3,(H,22,23,24). The van der Waals surface area contributed by atoms with Gasteiger partial charge in [-0.05, 0) is 31.2 Å². The quantitative estimate of drug-likeness (QED) is 0.434. The molecule has 3 aromatic rings. The molecule has 2 aromatic carbocycles. The van der Waals surface area contributed by atoms with E-state index in [-0.39, 0.29) is 5.02 Å². The van der Waals surface area contributed by atoms with Crippen molar-refractivity contribution in [3.05, 3.63) is 47.5 Å². The number of fused-ring (bicyclic) bond motifs is 1.